The number of benzene rings is 2. The summed E-state index contributed by atoms with van der Waals surface area (Å²) in [7, 11) is -3.79. The van der Waals surface area contributed by atoms with E-state index >= 15 is 0 Å². The van der Waals surface area contributed by atoms with Crippen molar-refractivity contribution in [3.63, 3.8) is 0 Å². The maximum atomic E-state index is 12.9. The van der Waals surface area contributed by atoms with Crippen molar-refractivity contribution in [2.75, 3.05) is 17.8 Å². The van der Waals surface area contributed by atoms with Crippen LogP contribution in [0.1, 0.15) is 31.7 Å². The van der Waals surface area contributed by atoms with Crippen LogP contribution in [0, 0.1) is 0 Å². The minimum atomic E-state index is -3.79. The van der Waals surface area contributed by atoms with E-state index in [-0.39, 0.29) is 22.1 Å². The minimum Gasteiger partial charge on any atom is -0.343 e. The van der Waals surface area contributed by atoms with Crippen LogP contribution in [0.5, 0.6) is 0 Å². The predicted molar refractivity (Wildman–Crippen MR) is 123 cm³/mol. The topological polar surface area (TPSA) is 88.5 Å². The van der Waals surface area contributed by atoms with Crippen molar-refractivity contribution in [2.45, 2.75) is 44.0 Å². The summed E-state index contributed by atoms with van der Waals surface area (Å²) in [5, 5.41) is 0. The number of hydrogen-bond acceptors (Lipinski definition) is 5. The molecule has 3 aromatic rings. The molecule has 1 amide bonds. The Hall–Kier alpha value is -2.65. The number of hydrogen-bond donors (Lipinski definition) is 1. The molecule has 1 aliphatic heterocycles. The van der Waals surface area contributed by atoms with Crippen LogP contribution in [0.25, 0.3) is 10.2 Å². The SMILES string of the molecule is CCc1cccc(NS(=O)(=O)c2ccc3c(c2)sc(=O)n3CCC(=O)N2CCCC2)c1. The van der Waals surface area contributed by atoms with E-state index in [0.29, 0.717) is 22.4 Å². The highest BCUT2D eigenvalue weighted by atomic mass is 32.2. The first-order valence-electron chi connectivity index (χ1n) is 10.4. The monoisotopic (exact) mass is 459 g/mol. The van der Waals surface area contributed by atoms with E-state index < -0.39 is 10.0 Å². The Bertz CT molecular complexity index is 1270. The molecule has 0 bridgehead atoms. The highest BCUT2D eigenvalue weighted by molar-refractivity contribution is 7.92. The summed E-state index contributed by atoms with van der Waals surface area (Å²) < 4.78 is 30.5. The van der Waals surface area contributed by atoms with Gasteiger partial charge in [-0.05, 0) is 55.2 Å². The Morgan fingerprint density at radius 2 is 1.90 bits per heavy atom. The lowest BCUT2D eigenvalue weighted by Gasteiger charge is -2.15. The number of thiazole rings is 1. The number of likely N-dealkylation sites (tertiary alicyclic amines) is 1. The summed E-state index contributed by atoms with van der Waals surface area (Å²) in [6, 6.07) is 11.9. The van der Waals surface area contributed by atoms with Crippen LogP contribution in [-0.4, -0.2) is 36.9 Å². The van der Waals surface area contributed by atoms with Crippen LogP contribution in [0.3, 0.4) is 0 Å². The number of nitrogens with one attached hydrogen (secondary N) is 1. The third-order valence-electron chi connectivity index (χ3n) is 5.55. The number of fused-ring (bicyclic) bond motifs is 1. The molecular weight excluding hydrogens is 434 g/mol. The third-order valence-corrected chi connectivity index (χ3v) is 7.87. The predicted octanol–water partition coefficient (Wildman–Crippen LogP) is 3.44. The summed E-state index contributed by atoms with van der Waals surface area (Å²) in [5.41, 5.74) is 2.19. The molecular formula is C22H25N3O4S2. The molecule has 0 spiro atoms. The van der Waals surface area contributed by atoms with E-state index in [1.807, 2.05) is 30.0 Å². The molecule has 9 heteroatoms. The fourth-order valence-electron chi connectivity index (χ4n) is 3.83. The molecule has 1 aromatic heterocycles. The normalized spacial score (nSPS) is 14.3. The first-order valence-corrected chi connectivity index (χ1v) is 12.7. The maximum Gasteiger partial charge on any atom is 0.308 e. The van der Waals surface area contributed by atoms with Gasteiger partial charge in [0, 0.05) is 31.7 Å². The molecule has 0 radical (unpaired) electrons. The zero-order valence-corrected chi connectivity index (χ0v) is 19.0. The summed E-state index contributed by atoms with van der Waals surface area (Å²) in [5.74, 6) is 0.0569. The van der Waals surface area contributed by atoms with Crippen LogP contribution in [0.15, 0.2) is 52.2 Å². The number of rotatable bonds is 7. The van der Waals surface area contributed by atoms with E-state index in [4.69, 9.17) is 0 Å². The van der Waals surface area contributed by atoms with Gasteiger partial charge < -0.3 is 4.90 Å². The van der Waals surface area contributed by atoms with Crippen molar-refractivity contribution >= 4 is 43.2 Å². The molecule has 31 heavy (non-hydrogen) atoms. The van der Waals surface area contributed by atoms with Gasteiger partial charge in [-0.3, -0.25) is 18.9 Å². The standard InChI is InChI=1S/C22H25N3O4S2/c1-2-16-6-5-7-17(14-16)23-31(28,29)18-8-9-19-20(15-18)30-22(27)25(19)13-10-21(26)24-11-3-4-12-24/h5-9,14-15,23H,2-4,10-13H2,1H3. The first-order chi connectivity index (χ1) is 14.9. The van der Waals surface area contributed by atoms with E-state index in [1.165, 1.54) is 12.1 Å². The fourth-order valence-corrected chi connectivity index (χ4v) is 5.93. The van der Waals surface area contributed by atoms with Crippen molar-refractivity contribution in [2.24, 2.45) is 0 Å². The van der Waals surface area contributed by atoms with Gasteiger partial charge in [0.1, 0.15) is 0 Å². The Balaban J connectivity index is 1.55. The van der Waals surface area contributed by atoms with Gasteiger partial charge in [-0.2, -0.15) is 0 Å². The lowest BCUT2D eigenvalue weighted by Crippen LogP contribution is -2.29. The van der Waals surface area contributed by atoms with Crippen molar-refractivity contribution < 1.29 is 13.2 Å². The maximum absolute atomic E-state index is 12.9. The van der Waals surface area contributed by atoms with Gasteiger partial charge in [0.05, 0.1) is 15.1 Å². The summed E-state index contributed by atoms with van der Waals surface area (Å²) in [6.07, 6.45) is 3.13. The largest absolute Gasteiger partial charge is 0.343 e. The molecule has 1 N–H and O–H groups in total. The Morgan fingerprint density at radius 1 is 1.13 bits per heavy atom. The van der Waals surface area contributed by atoms with E-state index in [2.05, 4.69) is 4.72 Å². The molecule has 0 atom stereocenters. The highest BCUT2D eigenvalue weighted by Crippen LogP contribution is 2.24. The van der Waals surface area contributed by atoms with Gasteiger partial charge in [-0.1, -0.05) is 30.4 Å². The number of anilines is 1. The number of amides is 1. The second kappa shape index (κ2) is 8.84. The molecule has 164 valence electrons. The number of nitrogens with zero attached hydrogens (tertiary/aromatic N) is 2. The number of carbonyl (C=O) groups is 1. The summed E-state index contributed by atoms with van der Waals surface area (Å²) in [4.78, 5) is 26.6. The lowest BCUT2D eigenvalue weighted by atomic mass is 10.1. The van der Waals surface area contributed by atoms with Gasteiger partial charge >= 0.3 is 4.87 Å². The second-order valence-electron chi connectivity index (χ2n) is 7.65. The van der Waals surface area contributed by atoms with Crippen molar-refractivity contribution in [3.8, 4) is 0 Å². The summed E-state index contributed by atoms with van der Waals surface area (Å²) >= 11 is 0.996. The fraction of sp³-hybridized carbons (Fsp3) is 0.364. The molecule has 2 heterocycles. The van der Waals surface area contributed by atoms with E-state index in [0.717, 1.165) is 49.3 Å². The average molecular weight is 460 g/mol. The Kier molecular flexibility index (Phi) is 6.15. The van der Waals surface area contributed by atoms with E-state index in [1.54, 1.807) is 16.7 Å². The molecule has 2 aromatic carbocycles. The highest BCUT2D eigenvalue weighted by Gasteiger charge is 2.20. The quantitative estimate of drug-likeness (QED) is 0.586. The van der Waals surface area contributed by atoms with Gasteiger partial charge in [-0.15, -0.1) is 0 Å². The molecule has 1 aliphatic rings. The molecule has 0 aliphatic carbocycles. The zero-order chi connectivity index (χ0) is 22.0. The van der Waals surface area contributed by atoms with Gasteiger partial charge in [-0.25, -0.2) is 8.42 Å². The Morgan fingerprint density at radius 3 is 2.65 bits per heavy atom. The number of sulfonamides is 1. The number of carbonyl (C=O) groups excluding carboxylic acids is 1. The Labute approximate surface area is 185 Å². The molecule has 4 rings (SSSR count). The average Bonchev–Trinajstić information content (AvgIpc) is 3.39. The van der Waals surface area contributed by atoms with Crippen molar-refractivity contribution in [3.05, 3.63) is 57.7 Å². The van der Waals surface area contributed by atoms with Crippen LogP contribution in [-0.2, 0) is 27.8 Å². The van der Waals surface area contributed by atoms with Crippen molar-refractivity contribution in [1.29, 1.82) is 0 Å². The van der Waals surface area contributed by atoms with Crippen molar-refractivity contribution in [1.82, 2.24) is 9.47 Å². The molecule has 0 unspecified atom stereocenters. The number of aryl methyl sites for hydroxylation is 2. The van der Waals surface area contributed by atoms with Gasteiger partial charge in [0.15, 0.2) is 0 Å². The van der Waals surface area contributed by atoms with Crippen LogP contribution in [0.4, 0.5) is 5.69 Å². The lowest BCUT2D eigenvalue weighted by molar-refractivity contribution is -0.130. The van der Waals surface area contributed by atoms with E-state index in [9.17, 15) is 18.0 Å². The van der Waals surface area contributed by atoms with Crippen LogP contribution in [0.2, 0.25) is 0 Å². The first kappa shape index (κ1) is 21.6. The number of aromatic nitrogens is 1. The molecule has 1 saturated heterocycles. The smallest absolute Gasteiger partial charge is 0.308 e. The third kappa shape index (κ3) is 4.67. The minimum absolute atomic E-state index is 0.0569. The molecule has 1 fully saturated rings. The molecule has 7 nitrogen and oxygen atoms in total. The van der Waals surface area contributed by atoms with Gasteiger partial charge in [0.2, 0.25) is 5.91 Å². The second-order valence-corrected chi connectivity index (χ2v) is 10.3. The van der Waals surface area contributed by atoms with Crippen LogP contribution < -0.4 is 9.60 Å². The van der Waals surface area contributed by atoms with Crippen LogP contribution >= 0.6 is 11.3 Å². The van der Waals surface area contributed by atoms with Gasteiger partial charge in [0.25, 0.3) is 10.0 Å². The molecule has 0 saturated carbocycles. The zero-order valence-electron chi connectivity index (χ0n) is 17.3. The summed E-state index contributed by atoms with van der Waals surface area (Å²) in [6.45, 7) is 3.87.